The second kappa shape index (κ2) is 8.72. The van der Waals surface area contributed by atoms with Crippen molar-refractivity contribution in [3.63, 3.8) is 0 Å². The van der Waals surface area contributed by atoms with Gasteiger partial charge in [-0.1, -0.05) is 12.1 Å². The molecule has 1 amide bonds. The summed E-state index contributed by atoms with van der Waals surface area (Å²) < 4.78 is 11.5. The molecule has 0 saturated carbocycles. The van der Waals surface area contributed by atoms with Gasteiger partial charge in [-0.3, -0.25) is 9.59 Å². The first-order chi connectivity index (χ1) is 14.9. The number of aliphatic hydroxyl groups excluding tert-OH is 1. The molecule has 2 N–H and O–H groups in total. The standard InChI is InChI=1S/C23H22BrNO6/c1-30-18-8-7-14(11-17(18)24)21(27)19-20(13-4-2-5-15(26)10-13)25(23(29)22(19)28)12-16-6-3-9-31-16/h2,4-5,7-8,10-11,16,20,26-27H,3,6,9,12H2,1H3/b21-19-. The molecule has 7 nitrogen and oxygen atoms in total. The number of carbonyl (C=O) groups excluding carboxylic acids is 2. The van der Waals surface area contributed by atoms with Gasteiger partial charge in [-0.05, 0) is 64.7 Å². The maximum Gasteiger partial charge on any atom is 0.295 e. The Hall–Kier alpha value is -2.84. The highest BCUT2D eigenvalue weighted by Gasteiger charge is 2.47. The Bertz CT molecular complexity index is 1060. The lowest BCUT2D eigenvalue weighted by molar-refractivity contribution is -0.140. The van der Waals surface area contributed by atoms with Crippen LogP contribution in [0.15, 0.2) is 52.5 Å². The average molecular weight is 488 g/mol. The molecule has 2 heterocycles. The van der Waals surface area contributed by atoms with Gasteiger partial charge in [0.25, 0.3) is 11.7 Å². The van der Waals surface area contributed by atoms with Crippen molar-refractivity contribution in [2.24, 2.45) is 0 Å². The lowest BCUT2D eigenvalue weighted by atomic mass is 9.95. The van der Waals surface area contributed by atoms with E-state index in [1.165, 1.54) is 24.1 Å². The second-order valence-corrected chi connectivity index (χ2v) is 8.39. The lowest BCUT2D eigenvalue weighted by Gasteiger charge is -2.27. The number of ether oxygens (including phenoxy) is 2. The first-order valence-electron chi connectivity index (χ1n) is 9.93. The fourth-order valence-corrected chi connectivity index (χ4v) is 4.63. The molecular formula is C23H22BrNO6. The smallest absolute Gasteiger partial charge is 0.295 e. The number of hydrogen-bond acceptors (Lipinski definition) is 6. The topological polar surface area (TPSA) is 96.3 Å². The molecule has 8 heteroatoms. The third-order valence-corrected chi connectivity index (χ3v) is 6.20. The minimum atomic E-state index is -0.836. The third kappa shape index (κ3) is 4.05. The summed E-state index contributed by atoms with van der Waals surface area (Å²) in [4.78, 5) is 27.4. The van der Waals surface area contributed by atoms with Gasteiger partial charge in [0.05, 0.1) is 29.3 Å². The van der Waals surface area contributed by atoms with E-state index in [4.69, 9.17) is 9.47 Å². The monoisotopic (exact) mass is 487 g/mol. The zero-order valence-electron chi connectivity index (χ0n) is 16.9. The summed E-state index contributed by atoms with van der Waals surface area (Å²) in [6, 6.07) is 10.4. The molecule has 0 spiro atoms. The molecule has 31 heavy (non-hydrogen) atoms. The molecule has 2 aliphatic heterocycles. The lowest BCUT2D eigenvalue weighted by Crippen LogP contribution is -2.36. The predicted molar refractivity (Wildman–Crippen MR) is 117 cm³/mol. The van der Waals surface area contributed by atoms with Gasteiger partial charge < -0.3 is 24.6 Å². The molecule has 0 aliphatic carbocycles. The quantitative estimate of drug-likeness (QED) is 0.378. The number of phenols is 1. The van der Waals surface area contributed by atoms with Crippen molar-refractivity contribution in [2.45, 2.75) is 25.0 Å². The average Bonchev–Trinajstić information content (AvgIpc) is 3.35. The first kappa shape index (κ1) is 21.4. The minimum absolute atomic E-state index is 0.00685. The highest BCUT2D eigenvalue weighted by molar-refractivity contribution is 9.10. The highest BCUT2D eigenvalue weighted by atomic mass is 79.9. The van der Waals surface area contributed by atoms with E-state index in [9.17, 15) is 19.8 Å². The molecule has 2 aliphatic rings. The van der Waals surface area contributed by atoms with E-state index >= 15 is 0 Å². The van der Waals surface area contributed by atoms with Crippen molar-refractivity contribution in [2.75, 3.05) is 20.3 Å². The number of rotatable bonds is 5. The van der Waals surface area contributed by atoms with Gasteiger partial charge in [0.15, 0.2) is 0 Å². The Balaban J connectivity index is 1.83. The SMILES string of the molecule is COc1ccc(/C(O)=C2/C(=O)C(=O)N(CC3CCCO3)C2c2cccc(O)c2)cc1Br. The molecule has 0 bridgehead atoms. The Morgan fingerprint density at radius 2 is 2.06 bits per heavy atom. The van der Waals surface area contributed by atoms with Gasteiger partial charge in [-0.15, -0.1) is 0 Å². The first-order valence-corrected chi connectivity index (χ1v) is 10.7. The Kier molecular flexibility index (Phi) is 6.02. The van der Waals surface area contributed by atoms with Crippen LogP contribution in [0.5, 0.6) is 11.5 Å². The molecule has 2 aromatic carbocycles. The number of likely N-dealkylation sites (tertiary alicyclic amines) is 1. The van der Waals surface area contributed by atoms with E-state index in [1.807, 2.05) is 0 Å². The van der Waals surface area contributed by atoms with E-state index in [1.54, 1.807) is 30.3 Å². The van der Waals surface area contributed by atoms with Gasteiger partial charge in [0.2, 0.25) is 0 Å². The van der Waals surface area contributed by atoms with Gasteiger partial charge in [-0.2, -0.15) is 0 Å². The zero-order valence-corrected chi connectivity index (χ0v) is 18.5. The van der Waals surface area contributed by atoms with Crippen molar-refractivity contribution < 1.29 is 29.3 Å². The Labute approximate surface area is 188 Å². The number of hydrogen-bond donors (Lipinski definition) is 2. The van der Waals surface area contributed by atoms with Gasteiger partial charge >= 0.3 is 0 Å². The maximum absolute atomic E-state index is 13.0. The van der Waals surface area contributed by atoms with Crippen LogP contribution in [0.4, 0.5) is 0 Å². The maximum atomic E-state index is 13.0. The normalized spacial score (nSPS) is 22.8. The van der Waals surface area contributed by atoms with Gasteiger partial charge in [-0.25, -0.2) is 0 Å². The number of benzene rings is 2. The molecule has 2 fully saturated rings. The van der Waals surface area contributed by atoms with Crippen molar-refractivity contribution >= 4 is 33.4 Å². The van der Waals surface area contributed by atoms with E-state index < -0.39 is 17.7 Å². The van der Waals surface area contributed by atoms with Crippen LogP contribution in [0.3, 0.4) is 0 Å². The fourth-order valence-electron chi connectivity index (χ4n) is 4.09. The van der Waals surface area contributed by atoms with Crippen LogP contribution in [-0.2, 0) is 14.3 Å². The summed E-state index contributed by atoms with van der Waals surface area (Å²) in [6.45, 7) is 0.846. The Morgan fingerprint density at radius 3 is 2.71 bits per heavy atom. The number of methoxy groups -OCH3 is 1. The molecule has 162 valence electrons. The van der Waals surface area contributed by atoms with E-state index in [-0.39, 0.29) is 29.7 Å². The third-order valence-electron chi connectivity index (χ3n) is 5.58. The number of phenolic OH excluding ortho intramolecular Hbond substituents is 1. The highest BCUT2D eigenvalue weighted by Crippen LogP contribution is 2.41. The summed E-state index contributed by atoms with van der Waals surface area (Å²) in [5.41, 5.74) is 0.880. The van der Waals surface area contributed by atoms with Gasteiger partial charge in [0.1, 0.15) is 17.3 Å². The summed E-state index contributed by atoms with van der Waals surface area (Å²) in [5, 5.41) is 21.1. The summed E-state index contributed by atoms with van der Waals surface area (Å²) in [7, 11) is 1.53. The fraction of sp³-hybridized carbons (Fsp3) is 0.304. The van der Waals surface area contributed by atoms with Gasteiger partial charge in [0, 0.05) is 18.7 Å². The second-order valence-electron chi connectivity index (χ2n) is 7.53. The summed E-state index contributed by atoms with van der Waals surface area (Å²) in [5.74, 6) is -1.18. The van der Waals surface area contributed by atoms with Crippen LogP contribution >= 0.6 is 15.9 Å². The number of Topliss-reactive ketones (excluding diaryl/α,β-unsaturated/α-hetero) is 1. The van der Waals surface area contributed by atoms with Crippen molar-refractivity contribution in [1.29, 1.82) is 0 Å². The van der Waals surface area contributed by atoms with Crippen LogP contribution in [0.25, 0.3) is 5.76 Å². The van der Waals surface area contributed by atoms with E-state index in [2.05, 4.69) is 15.9 Å². The number of amides is 1. The number of carbonyl (C=O) groups is 2. The van der Waals surface area contributed by atoms with Crippen LogP contribution in [0, 0.1) is 0 Å². The van der Waals surface area contributed by atoms with Crippen LogP contribution < -0.4 is 4.74 Å². The minimum Gasteiger partial charge on any atom is -0.508 e. The van der Waals surface area contributed by atoms with Crippen LogP contribution in [-0.4, -0.2) is 53.2 Å². The molecule has 2 aromatic rings. The molecule has 2 unspecified atom stereocenters. The largest absolute Gasteiger partial charge is 0.508 e. The van der Waals surface area contributed by atoms with Crippen molar-refractivity contribution in [1.82, 2.24) is 4.90 Å². The summed E-state index contributed by atoms with van der Waals surface area (Å²) in [6.07, 6.45) is 1.51. The number of aliphatic hydroxyl groups is 1. The van der Waals surface area contributed by atoms with Crippen molar-refractivity contribution in [3.8, 4) is 11.5 Å². The molecule has 2 saturated heterocycles. The van der Waals surface area contributed by atoms with E-state index in [0.29, 0.717) is 28.0 Å². The molecule has 4 rings (SSSR count). The number of aromatic hydroxyl groups is 1. The van der Waals surface area contributed by atoms with Crippen LogP contribution in [0.1, 0.15) is 30.0 Å². The molecular weight excluding hydrogens is 466 g/mol. The summed E-state index contributed by atoms with van der Waals surface area (Å²) >= 11 is 3.38. The van der Waals surface area contributed by atoms with E-state index in [0.717, 1.165) is 12.8 Å². The number of nitrogens with zero attached hydrogens (tertiary/aromatic N) is 1. The predicted octanol–water partition coefficient (Wildman–Crippen LogP) is 3.76. The zero-order chi connectivity index (χ0) is 22.1. The van der Waals surface area contributed by atoms with Crippen molar-refractivity contribution in [3.05, 3.63) is 63.6 Å². The molecule has 2 atom stereocenters. The number of halogens is 1. The van der Waals surface area contributed by atoms with Crippen LogP contribution in [0.2, 0.25) is 0 Å². The number of ketones is 1. The Morgan fingerprint density at radius 1 is 1.26 bits per heavy atom. The molecule has 0 radical (unpaired) electrons. The molecule has 0 aromatic heterocycles.